The SMILES string of the molecule is C=C(C(=O)OCC(O)CO)C(O)c1cccc([N+](=O)[O-])c1. The van der Waals surface area contributed by atoms with E-state index in [2.05, 4.69) is 11.3 Å². The number of esters is 1. The molecule has 0 aromatic heterocycles. The monoisotopic (exact) mass is 297 g/mol. The third-order valence-electron chi connectivity index (χ3n) is 2.61. The first-order valence-corrected chi connectivity index (χ1v) is 5.94. The number of hydrogen-bond donors (Lipinski definition) is 3. The minimum absolute atomic E-state index is 0.119. The van der Waals surface area contributed by atoms with Crippen LogP contribution in [0.5, 0.6) is 0 Å². The summed E-state index contributed by atoms with van der Waals surface area (Å²) in [7, 11) is 0. The van der Waals surface area contributed by atoms with Gasteiger partial charge in [0.25, 0.3) is 5.69 Å². The summed E-state index contributed by atoms with van der Waals surface area (Å²) in [5, 5.41) is 38.2. The third kappa shape index (κ3) is 4.63. The van der Waals surface area contributed by atoms with E-state index in [0.717, 1.165) is 6.07 Å². The van der Waals surface area contributed by atoms with Gasteiger partial charge in [0.05, 0.1) is 17.1 Å². The predicted octanol–water partition coefficient (Wildman–Crippen LogP) is 0.0808. The third-order valence-corrected chi connectivity index (χ3v) is 2.61. The molecular weight excluding hydrogens is 282 g/mol. The highest BCUT2D eigenvalue weighted by Crippen LogP contribution is 2.24. The number of benzene rings is 1. The second kappa shape index (κ2) is 7.48. The van der Waals surface area contributed by atoms with Crippen LogP contribution in [0.3, 0.4) is 0 Å². The van der Waals surface area contributed by atoms with Crippen molar-refractivity contribution in [2.24, 2.45) is 0 Å². The highest BCUT2D eigenvalue weighted by Gasteiger charge is 2.22. The molecule has 0 radical (unpaired) electrons. The Bertz CT molecular complexity index is 543. The number of rotatable bonds is 7. The van der Waals surface area contributed by atoms with Gasteiger partial charge in [-0.25, -0.2) is 4.79 Å². The van der Waals surface area contributed by atoms with Crippen molar-refractivity contribution in [2.75, 3.05) is 13.2 Å². The maximum absolute atomic E-state index is 11.6. The second-order valence-corrected chi connectivity index (χ2v) is 4.21. The van der Waals surface area contributed by atoms with Crippen molar-refractivity contribution in [3.63, 3.8) is 0 Å². The number of aliphatic hydroxyl groups excluding tert-OH is 3. The van der Waals surface area contributed by atoms with E-state index in [-0.39, 0.29) is 16.8 Å². The number of hydrogen-bond acceptors (Lipinski definition) is 7. The van der Waals surface area contributed by atoms with Crippen LogP contribution in [-0.2, 0) is 9.53 Å². The van der Waals surface area contributed by atoms with Crippen LogP contribution in [0.4, 0.5) is 5.69 Å². The van der Waals surface area contributed by atoms with Gasteiger partial charge in [-0.3, -0.25) is 10.1 Å². The van der Waals surface area contributed by atoms with Crippen molar-refractivity contribution in [1.29, 1.82) is 0 Å². The number of aliphatic hydroxyl groups is 3. The zero-order valence-electron chi connectivity index (χ0n) is 11.0. The van der Waals surface area contributed by atoms with Crippen LogP contribution in [0, 0.1) is 10.1 Å². The molecule has 8 nitrogen and oxygen atoms in total. The molecule has 0 aliphatic carbocycles. The van der Waals surface area contributed by atoms with Crippen molar-refractivity contribution < 1.29 is 29.8 Å². The first-order chi connectivity index (χ1) is 9.86. The molecule has 0 saturated carbocycles. The smallest absolute Gasteiger partial charge is 0.336 e. The van der Waals surface area contributed by atoms with Crippen LogP contribution in [0.1, 0.15) is 11.7 Å². The van der Waals surface area contributed by atoms with Crippen molar-refractivity contribution in [2.45, 2.75) is 12.2 Å². The number of carbonyl (C=O) groups excluding carboxylic acids is 1. The fraction of sp³-hybridized carbons (Fsp3) is 0.308. The van der Waals surface area contributed by atoms with Gasteiger partial charge in [-0.1, -0.05) is 18.7 Å². The number of nitro groups is 1. The van der Waals surface area contributed by atoms with E-state index in [1.54, 1.807) is 0 Å². The molecule has 3 N–H and O–H groups in total. The number of ether oxygens (including phenoxy) is 1. The largest absolute Gasteiger partial charge is 0.459 e. The highest BCUT2D eigenvalue weighted by atomic mass is 16.6. The molecule has 0 fully saturated rings. The minimum atomic E-state index is -1.47. The van der Waals surface area contributed by atoms with Crippen molar-refractivity contribution in [3.05, 3.63) is 52.1 Å². The van der Waals surface area contributed by atoms with Gasteiger partial charge < -0.3 is 20.1 Å². The van der Waals surface area contributed by atoms with Gasteiger partial charge in [0, 0.05) is 12.1 Å². The molecule has 0 aliphatic heterocycles. The van der Waals surface area contributed by atoms with Gasteiger partial charge in [0.2, 0.25) is 0 Å². The minimum Gasteiger partial charge on any atom is -0.459 e. The Kier molecular flexibility index (Phi) is 5.97. The molecule has 1 aromatic carbocycles. The lowest BCUT2D eigenvalue weighted by molar-refractivity contribution is -0.385. The van der Waals surface area contributed by atoms with Crippen LogP contribution in [-0.4, -0.2) is 45.5 Å². The van der Waals surface area contributed by atoms with E-state index >= 15 is 0 Å². The lowest BCUT2D eigenvalue weighted by Gasteiger charge is -2.14. The van der Waals surface area contributed by atoms with Gasteiger partial charge in [-0.15, -0.1) is 0 Å². The summed E-state index contributed by atoms with van der Waals surface area (Å²) in [5.74, 6) is -0.971. The second-order valence-electron chi connectivity index (χ2n) is 4.21. The molecule has 0 spiro atoms. The zero-order valence-corrected chi connectivity index (χ0v) is 11.0. The van der Waals surface area contributed by atoms with Gasteiger partial charge in [-0.2, -0.15) is 0 Å². The quantitative estimate of drug-likeness (QED) is 0.281. The molecule has 0 heterocycles. The molecule has 0 aliphatic rings. The van der Waals surface area contributed by atoms with Gasteiger partial charge in [-0.05, 0) is 5.56 Å². The molecule has 0 amide bonds. The maximum atomic E-state index is 11.6. The molecule has 21 heavy (non-hydrogen) atoms. The summed E-state index contributed by atoms with van der Waals surface area (Å²) in [6, 6.07) is 5.13. The number of carbonyl (C=O) groups is 1. The average molecular weight is 297 g/mol. The fourth-order valence-corrected chi connectivity index (χ4v) is 1.44. The number of nitrogens with zero attached hydrogens (tertiary/aromatic N) is 1. The normalized spacial score (nSPS) is 13.3. The Morgan fingerprint density at radius 1 is 1.43 bits per heavy atom. The van der Waals surface area contributed by atoms with Crippen molar-refractivity contribution >= 4 is 11.7 Å². The molecule has 1 aromatic rings. The first-order valence-electron chi connectivity index (χ1n) is 5.94. The Morgan fingerprint density at radius 3 is 2.67 bits per heavy atom. The molecule has 1 rings (SSSR count). The van der Waals surface area contributed by atoms with Crippen LogP contribution in [0.25, 0.3) is 0 Å². The summed E-state index contributed by atoms with van der Waals surface area (Å²) in [6.45, 7) is 2.35. The van der Waals surface area contributed by atoms with Gasteiger partial charge >= 0.3 is 5.97 Å². The van der Waals surface area contributed by atoms with Crippen molar-refractivity contribution in [3.8, 4) is 0 Å². The molecule has 2 atom stereocenters. The van der Waals surface area contributed by atoms with Crippen LogP contribution in [0.2, 0.25) is 0 Å². The summed E-state index contributed by atoms with van der Waals surface area (Å²) < 4.78 is 4.63. The van der Waals surface area contributed by atoms with E-state index in [9.17, 15) is 20.0 Å². The van der Waals surface area contributed by atoms with Gasteiger partial charge in [0.1, 0.15) is 18.8 Å². The summed E-state index contributed by atoms with van der Waals surface area (Å²) in [5.41, 5.74) is -0.446. The van der Waals surface area contributed by atoms with E-state index in [1.165, 1.54) is 18.2 Å². The lowest BCUT2D eigenvalue weighted by Crippen LogP contribution is -2.23. The molecule has 2 unspecified atom stereocenters. The van der Waals surface area contributed by atoms with Gasteiger partial charge in [0.15, 0.2) is 0 Å². The van der Waals surface area contributed by atoms with E-state index in [1.807, 2.05) is 0 Å². The first kappa shape index (κ1) is 16.8. The van der Waals surface area contributed by atoms with Crippen molar-refractivity contribution in [1.82, 2.24) is 0 Å². The maximum Gasteiger partial charge on any atom is 0.336 e. The molecule has 114 valence electrons. The van der Waals surface area contributed by atoms with E-state index < -0.39 is 36.3 Å². The number of non-ortho nitro benzene ring substituents is 1. The Labute approximate surface area is 120 Å². The summed E-state index contributed by atoms with van der Waals surface area (Å²) in [6.07, 6.45) is -2.69. The lowest BCUT2D eigenvalue weighted by atomic mass is 10.0. The fourth-order valence-electron chi connectivity index (χ4n) is 1.44. The molecule has 8 heteroatoms. The Hall–Kier alpha value is -2.29. The van der Waals surface area contributed by atoms with E-state index in [4.69, 9.17) is 10.2 Å². The Balaban J connectivity index is 2.75. The van der Waals surface area contributed by atoms with Crippen LogP contribution in [0.15, 0.2) is 36.4 Å². The van der Waals surface area contributed by atoms with Crippen LogP contribution >= 0.6 is 0 Å². The highest BCUT2D eigenvalue weighted by molar-refractivity contribution is 5.89. The molecule has 0 bridgehead atoms. The predicted molar refractivity (Wildman–Crippen MR) is 71.2 cm³/mol. The molecule has 0 saturated heterocycles. The standard InChI is InChI=1S/C13H15NO7/c1-8(13(18)21-7-11(16)6-15)12(17)9-3-2-4-10(5-9)14(19)20/h2-5,11-12,15-17H,1,6-7H2. The Morgan fingerprint density at radius 2 is 2.10 bits per heavy atom. The van der Waals surface area contributed by atoms with E-state index in [0.29, 0.717) is 0 Å². The zero-order chi connectivity index (χ0) is 16.0. The van der Waals surface area contributed by atoms with Crippen LogP contribution < -0.4 is 0 Å². The average Bonchev–Trinajstić information content (AvgIpc) is 2.50. The topological polar surface area (TPSA) is 130 Å². The molecular formula is C13H15NO7. The summed E-state index contributed by atoms with van der Waals surface area (Å²) >= 11 is 0. The summed E-state index contributed by atoms with van der Waals surface area (Å²) in [4.78, 5) is 21.6. The number of nitro benzene ring substituents is 1.